The number of para-hydroxylation sites is 1. The zero-order valence-corrected chi connectivity index (χ0v) is 16.5. The lowest BCUT2D eigenvalue weighted by Crippen LogP contribution is -2.41. The Morgan fingerprint density at radius 1 is 1.04 bits per heavy atom. The van der Waals surface area contributed by atoms with E-state index in [2.05, 4.69) is 41.5 Å². The van der Waals surface area contributed by atoms with E-state index in [1.807, 2.05) is 51.1 Å². The van der Waals surface area contributed by atoms with E-state index in [9.17, 15) is 4.79 Å². The van der Waals surface area contributed by atoms with E-state index in [0.29, 0.717) is 0 Å². The molecule has 0 bridgehead atoms. The number of hydrogen-bond acceptors (Lipinski definition) is 2. The van der Waals surface area contributed by atoms with Gasteiger partial charge in [0.1, 0.15) is 5.60 Å². The molecular weight excluding hydrogens is 336 g/mol. The molecule has 1 atom stereocenters. The summed E-state index contributed by atoms with van der Waals surface area (Å²) < 4.78 is 5.48. The lowest BCUT2D eigenvalue weighted by Gasteiger charge is -2.24. The van der Waals surface area contributed by atoms with Gasteiger partial charge in [-0.1, -0.05) is 48.5 Å². The molecule has 2 aromatic carbocycles. The summed E-state index contributed by atoms with van der Waals surface area (Å²) in [6.07, 6.45) is 1.11. The number of ether oxygens (including phenoxy) is 1. The predicted molar refractivity (Wildman–Crippen MR) is 110 cm³/mol. The summed E-state index contributed by atoms with van der Waals surface area (Å²) in [5.41, 5.74) is 4.18. The number of benzene rings is 2. The van der Waals surface area contributed by atoms with Crippen LogP contribution in [0.1, 0.15) is 37.6 Å². The van der Waals surface area contributed by atoms with Crippen LogP contribution in [-0.4, -0.2) is 22.7 Å². The Hall–Kier alpha value is -2.75. The number of H-pyrrole nitrogens is 1. The molecule has 1 unspecified atom stereocenters. The molecular formula is C23H28N2O2. The lowest BCUT2D eigenvalue weighted by molar-refractivity contribution is 0.0504. The fourth-order valence-electron chi connectivity index (χ4n) is 3.39. The number of nitrogens with one attached hydrogen (secondary N) is 2. The standard InChI is InChI=1S/C23H28N2O2/c1-16-20(19-12-8-9-13-21(19)24-16)15-18(14-17-10-6-5-7-11-17)25-22(26)27-23(2,3)4/h5-13,18,24H,14-15H2,1-4H3,(H,25,26). The monoisotopic (exact) mass is 364 g/mol. The molecule has 142 valence electrons. The minimum absolute atomic E-state index is 0.0554. The van der Waals surface area contributed by atoms with Crippen LogP contribution < -0.4 is 5.32 Å². The van der Waals surface area contributed by atoms with E-state index in [1.165, 1.54) is 16.5 Å². The van der Waals surface area contributed by atoms with Crippen molar-refractivity contribution in [2.75, 3.05) is 0 Å². The largest absolute Gasteiger partial charge is 0.444 e. The number of carbonyl (C=O) groups excluding carboxylic acids is 1. The number of aryl methyl sites for hydroxylation is 1. The summed E-state index contributed by atoms with van der Waals surface area (Å²) in [7, 11) is 0. The first-order valence-electron chi connectivity index (χ1n) is 9.41. The van der Waals surface area contributed by atoms with E-state index in [0.717, 1.165) is 24.1 Å². The predicted octanol–water partition coefficient (Wildman–Crippen LogP) is 5.15. The first-order chi connectivity index (χ1) is 12.8. The average molecular weight is 364 g/mol. The first-order valence-corrected chi connectivity index (χ1v) is 9.41. The van der Waals surface area contributed by atoms with Crippen molar-refractivity contribution in [3.8, 4) is 0 Å². The van der Waals surface area contributed by atoms with Crippen molar-refractivity contribution in [2.45, 2.75) is 52.2 Å². The molecule has 3 rings (SSSR count). The molecule has 2 N–H and O–H groups in total. The molecule has 0 radical (unpaired) electrons. The van der Waals surface area contributed by atoms with Crippen molar-refractivity contribution in [3.63, 3.8) is 0 Å². The zero-order valence-electron chi connectivity index (χ0n) is 16.5. The van der Waals surface area contributed by atoms with Crippen LogP contribution in [0, 0.1) is 6.92 Å². The van der Waals surface area contributed by atoms with E-state index in [-0.39, 0.29) is 12.1 Å². The van der Waals surface area contributed by atoms with Crippen LogP contribution in [0.2, 0.25) is 0 Å². The molecule has 0 aliphatic carbocycles. The topological polar surface area (TPSA) is 54.1 Å². The van der Waals surface area contributed by atoms with Gasteiger partial charge in [-0.3, -0.25) is 0 Å². The highest BCUT2D eigenvalue weighted by molar-refractivity contribution is 5.84. The molecule has 0 saturated carbocycles. The number of alkyl carbamates (subject to hydrolysis) is 1. The zero-order chi connectivity index (χ0) is 19.4. The van der Waals surface area contributed by atoms with Gasteiger partial charge in [0.15, 0.2) is 0 Å². The van der Waals surface area contributed by atoms with Gasteiger partial charge in [-0.15, -0.1) is 0 Å². The highest BCUT2D eigenvalue weighted by atomic mass is 16.6. The Morgan fingerprint density at radius 2 is 1.70 bits per heavy atom. The molecule has 0 spiro atoms. The first kappa shape index (κ1) is 19.0. The Kier molecular flexibility index (Phi) is 5.54. The number of fused-ring (bicyclic) bond motifs is 1. The molecule has 3 aromatic rings. The third-order valence-corrected chi connectivity index (χ3v) is 4.52. The van der Waals surface area contributed by atoms with Crippen molar-refractivity contribution in [1.29, 1.82) is 0 Å². The molecule has 27 heavy (non-hydrogen) atoms. The summed E-state index contributed by atoms with van der Waals surface area (Å²) in [5, 5.41) is 4.28. The van der Waals surface area contributed by atoms with Gasteiger partial charge < -0.3 is 15.0 Å². The van der Waals surface area contributed by atoms with Gasteiger partial charge in [0.2, 0.25) is 0 Å². The van der Waals surface area contributed by atoms with Crippen LogP contribution in [0.25, 0.3) is 10.9 Å². The summed E-state index contributed by atoms with van der Waals surface area (Å²) in [4.78, 5) is 15.8. The van der Waals surface area contributed by atoms with Crippen LogP contribution in [0.4, 0.5) is 4.79 Å². The Balaban J connectivity index is 1.84. The van der Waals surface area contributed by atoms with Gasteiger partial charge in [0, 0.05) is 22.6 Å². The smallest absolute Gasteiger partial charge is 0.407 e. The Morgan fingerprint density at radius 3 is 2.41 bits per heavy atom. The van der Waals surface area contributed by atoms with Crippen LogP contribution in [0.3, 0.4) is 0 Å². The van der Waals surface area contributed by atoms with Gasteiger partial charge in [0.05, 0.1) is 0 Å². The van der Waals surface area contributed by atoms with Gasteiger partial charge in [-0.25, -0.2) is 4.79 Å². The summed E-state index contributed by atoms with van der Waals surface area (Å²) in [6.45, 7) is 7.72. The summed E-state index contributed by atoms with van der Waals surface area (Å²) in [6, 6.07) is 18.5. The molecule has 1 amide bonds. The summed E-state index contributed by atoms with van der Waals surface area (Å²) >= 11 is 0. The number of aromatic nitrogens is 1. The fraction of sp³-hybridized carbons (Fsp3) is 0.348. The molecule has 0 aliphatic rings. The third-order valence-electron chi connectivity index (χ3n) is 4.52. The average Bonchev–Trinajstić information content (AvgIpc) is 2.90. The lowest BCUT2D eigenvalue weighted by atomic mass is 9.97. The second-order valence-electron chi connectivity index (χ2n) is 8.01. The third kappa shape index (κ3) is 5.13. The summed E-state index contributed by atoms with van der Waals surface area (Å²) in [5.74, 6) is 0. The second kappa shape index (κ2) is 7.87. The highest BCUT2D eigenvalue weighted by Crippen LogP contribution is 2.24. The Bertz CT molecular complexity index is 907. The molecule has 4 nitrogen and oxygen atoms in total. The van der Waals surface area contributed by atoms with Crippen molar-refractivity contribution in [3.05, 3.63) is 71.4 Å². The maximum absolute atomic E-state index is 12.4. The number of carbonyl (C=O) groups is 1. The van der Waals surface area contributed by atoms with Gasteiger partial charge in [-0.2, -0.15) is 0 Å². The maximum atomic E-state index is 12.4. The van der Waals surface area contributed by atoms with Crippen molar-refractivity contribution < 1.29 is 9.53 Å². The fourth-order valence-corrected chi connectivity index (χ4v) is 3.39. The van der Waals surface area contributed by atoms with Crippen LogP contribution in [-0.2, 0) is 17.6 Å². The number of rotatable bonds is 5. The van der Waals surface area contributed by atoms with Crippen LogP contribution in [0.15, 0.2) is 54.6 Å². The number of amides is 1. The SMILES string of the molecule is Cc1[nH]c2ccccc2c1CC(Cc1ccccc1)NC(=O)OC(C)(C)C. The normalized spacial score (nSPS) is 12.7. The molecule has 4 heteroatoms. The minimum atomic E-state index is -0.516. The molecule has 1 aromatic heterocycles. The van der Waals surface area contributed by atoms with Crippen LogP contribution in [0.5, 0.6) is 0 Å². The number of hydrogen-bond donors (Lipinski definition) is 2. The molecule has 0 saturated heterocycles. The van der Waals surface area contributed by atoms with Crippen molar-refractivity contribution in [1.82, 2.24) is 10.3 Å². The van der Waals surface area contributed by atoms with E-state index < -0.39 is 5.60 Å². The number of aromatic amines is 1. The van der Waals surface area contributed by atoms with Gasteiger partial charge in [0.25, 0.3) is 0 Å². The van der Waals surface area contributed by atoms with E-state index >= 15 is 0 Å². The second-order valence-corrected chi connectivity index (χ2v) is 8.01. The van der Waals surface area contributed by atoms with Crippen LogP contribution >= 0.6 is 0 Å². The quantitative estimate of drug-likeness (QED) is 0.657. The highest BCUT2D eigenvalue weighted by Gasteiger charge is 2.21. The van der Waals surface area contributed by atoms with Crippen molar-refractivity contribution >= 4 is 17.0 Å². The van der Waals surface area contributed by atoms with Crippen molar-refractivity contribution in [2.24, 2.45) is 0 Å². The van der Waals surface area contributed by atoms with Gasteiger partial charge in [-0.05, 0) is 57.7 Å². The Labute approximate surface area is 160 Å². The van der Waals surface area contributed by atoms with Gasteiger partial charge >= 0.3 is 6.09 Å². The van der Waals surface area contributed by atoms with E-state index in [1.54, 1.807) is 0 Å². The molecule has 0 aliphatic heterocycles. The maximum Gasteiger partial charge on any atom is 0.407 e. The van der Waals surface area contributed by atoms with E-state index in [4.69, 9.17) is 4.74 Å². The minimum Gasteiger partial charge on any atom is -0.444 e. The molecule has 1 heterocycles. The molecule has 0 fully saturated rings.